The number of aromatic hydroxyl groups is 1. The summed E-state index contributed by atoms with van der Waals surface area (Å²) >= 11 is 0. The number of methoxy groups -OCH3 is 3. The lowest BCUT2D eigenvalue weighted by Gasteiger charge is -2.11. The van der Waals surface area contributed by atoms with Crippen LogP contribution in [0.2, 0.25) is 0 Å². The molecule has 0 saturated carbocycles. The van der Waals surface area contributed by atoms with Gasteiger partial charge in [-0.15, -0.1) is 24.0 Å². The van der Waals surface area contributed by atoms with Gasteiger partial charge in [-0.2, -0.15) is 0 Å². The summed E-state index contributed by atoms with van der Waals surface area (Å²) in [4.78, 5) is 4.29. The van der Waals surface area contributed by atoms with Gasteiger partial charge in [0.1, 0.15) is 0 Å². The first-order valence-corrected chi connectivity index (χ1v) is 7.68. The Morgan fingerprint density at radius 3 is 2.38 bits per heavy atom. The maximum absolute atomic E-state index is 10.0. The lowest BCUT2D eigenvalue weighted by molar-refractivity contribution is 0.354. The second-order valence-electron chi connectivity index (χ2n) is 5.21. The number of hydrogen-bond acceptors (Lipinski definition) is 5. The molecule has 0 aliphatic carbocycles. The zero-order chi connectivity index (χ0) is 18.2. The second kappa shape index (κ2) is 10.6. The number of nitrogens with one attached hydrogen (secondary N) is 1. The van der Waals surface area contributed by atoms with Crippen LogP contribution in [0, 0.1) is 0 Å². The summed E-state index contributed by atoms with van der Waals surface area (Å²) in [5, 5.41) is 13.0. The number of halogens is 1. The van der Waals surface area contributed by atoms with Crippen molar-refractivity contribution in [1.29, 1.82) is 0 Å². The van der Waals surface area contributed by atoms with Crippen molar-refractivity contribution in [3.63, 3.8) is 0 Å². The molecule has 8 heteroatoms. The van der Waals surface area contributed by atoms with Gasteiger partial charge in [0, 0.05) is 12.1 Å². The van der Waals surface area contributed by atoms with Gasteiger partial charge < -0.3 is 30.4 Å². The van der Waals surface area contributed by atoms with Gasteiger partial charge in [-0.05, 0) is 23.8 Å². The first-order valence-electron chi connectivity index (χ1n) is 7.68. The highest BCUT2D eigenvalue weighted by Crippen LogP contribution is 2.29. The van der Waals surface area contributed by atoms with Crippen molar-refractivity contribution in [1.82, 2.24) is 5.32 Å². The molecular weight excluding hydrogens is 449 g/mol. The topological polar surface area (TPSA) is 98.3 Å². The van der Waals surface area contributed by atoms with Crippen molar-refractivity contribution >= 4 is 29.9 Å². The summed E-state index contributed by atoms with van der Waals surface area (Å²) in [7, 11) is 4.68. The highest BCUT2D eigenvalue weighted by Gasteiger charge is 2.07. The van der Waals surface area contributed by atoms with Crippen LogP contribution < -0.4 is 25.3 Å². The van der Waals surface area contributed by atoms with Crippen LogP contribution in [0.3, 0.4) is 0 Å². The molecule has 26 heavy (non-hydrogen) atoms. The van der Waals surface area contributed by atoms with E-state index in [1.165, 1.54) is 7.11 Å². The van der Waals surface area contributed by atoms with Crippen LogP contribution in [-0.4, -0.2) is 32.4 Å². The maximum atomic E-state index is 10.0. The minimum Gasteiger partial charge on any atom is -0.504 e. The van der Waals surface area contributed by atoms with Gasteiger partial charge in [0.05, 0.1) is 27.9 Å². The molecule has 0 bridgehead atoms. The third-order valence-electron chi connectivity index (χ3n) is 3.64. The van der Waals surface area contributed by atoms with E-state index in [9.17, 15) is 5.11 Å². The molecule has 142 valence electrons. The molecule has 0 atom stereocenters. The summed E-state index contributed by atoms with van der Waals surface area (Å²) in [5.41, 5.74) is 7.49. The number of hydrogen-bond donors (Lipinski definition) is 3. The van der Waals surface area contributed by atoms with Gasteiger partial charge in [-0.3, -0.25) is 0 Å². The normalized spacial score (nSPS) is 10.7. The summed E-state index contributed by atoms with van der Waals surface area (Å²) < 4.78 is 15.5. The highest BCUT2D eigenvalue weighted by molar-refractivity contribution is 14.0. The quantitative estimate of drug-likeness (QED) is 0.325. The molecule has 0 amide bonds. The number of benzene rings is 2. The van der Waals surface area contributed by atoms with Crippen LogP contribution in [0.1, 0.15) is 11.1 Å². The van der Waals surface area contributed by atoms with Gasteiger partial charge in [0.25, 0.3) is 0 Å². The minimum absolute atomic E-state index is 0. The average molecular weight is 473 g/mol. The predicted molar refractivity (Wildman–Crippen MR) is 112 cm³/mol. The SMILES string of the molecule is COc1ccc(CN=C(N)NCc2cccc(OC)c2O)cc1OC.I. The average Bonchev–Trinajstić information content (AvgIpc) is 2.65. The minimum atomic E-state index is 0. The van der Waals surface area contributed by atoms with E-state index in [1.807, 2.05) is 18.2 Å². The Bertz CT molecular complexity index is 753. The van der Waals surface area contributed by atoms with E-state index in [1.54, 1.807) is 32.4 Å². The van der Waals surface area contributed by atoms with Gasteiger partial charge >= 0.3 is 0 Å². The molecule has 7 nitrogen and oxygen atoms in total. The van der Waals surface area contributed by atoms with Crippen LogP contribution in [0.5, 0.6) is 23.0 Å². The third-order valence-corrected chi connectivity index (χ3v) is 3.64. The van der Waals surface area contributed by atoms with Crippen LogP contribution >= 0.6 is 24.0 Å². The van der Waals surface area contributed by atoms with E-state index in [0.29, 0.717) is 35.9 Å². The molecule has 0 aromatic heterocycles. The number of phenolic OH excluding ortho intramolecular Hbond substituents is 1. The third kappa shape index (κ3) is 5.58. The van der Waals surface area contributed by atoms with Gasteiger partial charge in [0.15, 0.2) is 29.0 Å². The van der Waals surface area contributed by atoms with Crippen molar-refractivity contribution in [2.75, 3.05) is 21.3 Å². The van der Waals surface area contributed by atoms with Crippen molar-refractivity contribution < 1.29 is 19.3 Å². The van der Waals surface area contributed by atoms with E-state index in [2.05, 4.69) is 10.3 Å². The maximum Gasteiger partial charge on any atom is 0.189 e. The van der Waals surface area contributed by atoms with Crippen molar-refractivity contribution in [3.05, 3.63) is 47.5 Å². The summed E-state index contributed by atoms with van der Waals surface area (Å²) in [6.45, 7) is 0.730. The Morgan fingerprint density at radius 2 is 1.73 bits per heavy atom. The van der Waals surface area contributed by atoms with Crippen LogP contribution in [0.4, 0.5) is 0 Å². The summed E-state index contributed by atoms with van der Waals surface area (Å²) in [6.07, 6.45) is 0. The predicted octanol–water partition coefficient (Wildman–Crippen LogP) is 2.64. The molecule has 0 unspecified atom stereocenters. The Labute approximate surface area is 170 Å². The first kappa shape index (κ1) is 21.7. The molecule has 0 radical (unpaired) electrons. The van der Waals surface area contributed by atoms with Crippen LogP contribution in [-0.2, 0) is 13.1 Å². The summed E-state index contributed by atoms with van der Waals surface area (Å²) in [6, 6.07) is 10.8. The van der Waals surface area contributed by atoms with Crippen molar-refractivity contribution in [2.24, 2.45) is 10.7 Å². The fraction of sp³-hybridized carbons (Fsp3) is 0.278. The van der Waals surface area contributed by atoms with Gasteiger partial charge in [-0.25, -0.2) is 4.99 Å². The second-order valence-corrected chi connectivity index (χ2v) is 5.21. The smallest absolute Gasteiger partial charge is 0.189 e. The van der Waals surface area contributed by atoms with Crippen LogP contribution in [0.25, 0.3) is 0 Å². The Balaban J connectivity index is 0.00000338. The largest absolute Gasteiger partial charge is 0.504 e. The molecule has 0 aliphatic heterocycles. The van der Waals surface area contributed by atoms with Crippen molar-refractivity contribution in [2.45, 2.75) is 13.1 Å². The molecule has 0 saturated heterocycles. The van der Waals surface area contributed by atoms with Gasteiger partial charge in [-0.1, -0.05) is 18.2 Å². The Morgan fingerprint density at radius 1 is 1.04 bits per heavy atom. The number of aliphatic imine (C=N–C) groups is 1. The number of ether oxygens (including phenoxy) is 3. The molecule has 2 rings (SSSR count). The molecule has 0 spiro atoms. The lowest BCUT2D eigenvalue weighted by Crippen LogP contribution is -2.31. The zero-order valence-electron chi connectivity index (χ0n) is 15.0. The zero-order valence-corrected chi connectivity index (χ0v) is 17.3. The number of rotatable bonds is 7. The van der Waals surface area contributed by atoms with Gasteiger partial charge in [0.2, 0.25) is 0 Å². The molecule has 0 heterocycles. The summed E-state index contributed by atoms with van der Waals surface area (Å²) in [5.74, 6) is 2.08. The fourth-order valence-electron chi connectivity index (χ4n) is 2.27. The first-order chi connectivity index (χ1) is 12.1. The van der Waals surface area contributed by atoms with E-state index < -0.39 is 0 Å². The molecule has 4 N–H and O–H groups in total. The van der Waals surface area contributed by atoms with Crippen molar-refractivity contribution in [3.8, 4) is 23.0 Å². The van der Waals surface area contributed by atoms with E-state index in [4.69, 9.17) is 19.9 Å². The standard InChI is InChI=1S/C18H23N3O4.HI/c1-23-14-8-7-12(9-16(14)25-3)10-20-18(19)21-11-13-5-4-6-15(24-2)17(13)22;/h4-9,22H,10-11H2,1-3H3,(H3,19,20,21);1H. The molecular formula is C18H24IN3O4. The van der Waals surface area contributed by atoms with E-state index >= 15 is 0 Å². The number of nitrogens with zero attached hydrogens (tertiary/aromatic N) is 1. The number of nitrogens with two attached hydrogens (primary N) is 1. The molecule has 2 aromatic carbocycles. The highest BCUT2D eigenvalue weighted by atomic mass is 127. The number of para-hydroxylation sites is 1. The fourth-order valence-corrected chi connectivity index (χ4v) is 2.27. The van der Waals surface area contributed by atoms with E-state index in [-0.39, 0.29) is 35.7 Å². The monoisotopic (exact) mass is 473 g/mol. The van der Waals surface area contributed by atoms with E-state index in [0.717, 1.165) is 5.56 Å². The number of guanidine groups is 1. The Hall–Kier alpha value is -2.36. The molecule has 2 aromatic rings. The number of phenols is 1. The molecule has 0 aliphatic rings. The van der Waals surface area contributed by atoms with Crippen LogP contribution in [0.15, 0.2) is 41.4 Å². The molecule has 0 fully saturated rings. The Kier molecular flexibility index (Phi) is 8.83. The lowest BCUT2D eigenvalue weighted by atomic mass is 10.2.